The molecule has 0 atom stereocenters. The molecule has 0 aromatic heterocycles. The second kappa shape index (κ2) is 9.72. The average Bonchev–Trinajstić information content (AvgIpc) is 3.06. The standard InChI is InChI=1S/C42H36N2/c1-41(2)33-19-11-13-21-37(33)43(31-15-7-5-8-16-31)39-25-23-29(27-35(39)41)30-24-26-40-36(28-30)42(3,4)34-20-12-14-22-38(34)44(40)32-17-9-6-10-18-32/h5-28H,1-4H3. The van der Waals surface area contributed by atoms with Crippen LogP contribution in [0.5, 0.6) is 0 Å². The van der Waals surface area contributed by atoms with E-state index in [0.29, 0.717) is 0 Å². The van der Waals surface area contributed by atoms with Crippen molar-refractivity contribution in [1.29, 1.82) is 0 Å². The quantitative estimate of drug-likeness (QED) is 0.209. The number of rotatable bonds is 3. The minimum atomic E-state index is -0.149. The maximum absolute atomic E-state index is 2.43. The Morgan fingerprint density at radius 2 is 0.682 bits per heavy atom. The van der Waals surface area contributed by atoms with Gasteiger partial charge in [-0.25, -0.2) is 0 Å². The van der Waals surface area contributed by atoms with Crippen LogP contribution in [0, 0.1) is 0 Å². The third-order valence-electron chi connectivity index (χ3n) is 9.82. The predicted octanol–water partition coefficient (Wildman–Crippen LogP) is 11.6. The maximum Gasteiger partial charge on any atom is 0.0503 e. The van der Waals surface area contributed by atoms with Crippen LogP contribution in [0.1, 0.15) is 49.9 Å². The summed E-state index contributed by atoms with van der Waals surface area (Å²) < 4.78 is 0. The van der Waals surface area contributed by atoms with E-state index in [-0.39, 0.29) is 10.8 Å². The van der Waals surface area contributed by atoms with Gasteiger partial charge in [0.1, 0.15) is 0 Å². The largest absolute Gasteiger partial charge is 0.310 e. The van der Waals surface area contributed by atoms with Crippen molar-refractivity contribution < 1.29 is 0 Å². The second-order valence-corrected chi connectivity index (χ2v) is 13.1. The number of fused-ring (bicyclic) bond motifs is 4. The molecular formula is C42H36N2. The molecule has 0 unspecified atom stereocenters. The van der Waals surface area contributed by atoms with Gasteiger partial charge < -0.3 is 9.80 Å². The molecule has 0 aliphatic carbocycles. The lowest BCUT2D eigenvalue weighted by Gasteiger charge is -2.43. The summed E-state index contributed by atoms with van der Waals surface area (Å²) in [5.74, 6) is 0. The summed E-state index contributed by atoms with van der Waals surface area (Å²) >= 11 is 0. The van der Waals surface area contributed by atoms with Crippen molar-refractivity contribution in [3.63, 3.8) is 0 Å². The normalized spacial score (nSPS) is 15.5. The second-order valence-electron chi connectivity index (χ2n) is 13.1. The lowest BCUT2D eigenvalue weighted by molar-refractivity contribution is 0.631. The highest BCUT2D eigenvalue weighted by atomic mass is 15.2. The topological polar surface area (TPSA) is 6.48 Å². The first-order valence-corrected chi connectivity index (χ1v) is 15.5. The summed E-state index contributed by atoms with van der Waals surface area (Å²) in [5.41, 5.74) is 14.9. The van der Waals surface area contributed by atoms with Crippen LogP contribution >= 0.6 is 0 Å². The molecule has 0 amide bonds. The van der Waals surface area contributed by atoms with E-state index in [4.69, 9.17) is 0 Å². The first-order valence-electron chi connectivity index (χ1n) is 15.5. The molecule has 0 N–H and O–H groups in total. The Kier molecular flexibility index (Phi) is 5.86. The van der Waals surface area contributed by atoms with Gasteiger partial charge in [-0.1, -0.05) is 113 Å². The van der Waals surface area contributed by atoms with Crippen LogP contribution in [-0.4, -0.2) is 0 Å². The van der Waals surface area contributed by atoms with Crippen LogP contribution in [-0.2, 0) is 10.8 Å². The van der Waals surface area contributed by atoms with Crippen molar-refractivity contribution in [2.75, 3.05) is 9.80 Å². The lowest BCUT2D eigenvalue weighted by Crippen LogP contribution is -2.31. The maximum atomic E-state index is 2.43. The Bertz CT molecular complexity index is 1870. The van der Waals surface area contributed by atoms with Gasteiger partial charge in [-0.15, -0.1) is 0 Å². The molecule has 8 rings (SSSR count). The minimum Gasteiger partial charge on any atom is -0.310 e. The third kappa shape index (κ3) is 3.87. The zero-order valence-corrected chi connectivity index (χ0v) is 25.8. The molecule has 2 nitrogen and oxygen atoms in total. The summed E-state index contributed by atoms with van der Waals surface area (Å²) in [6.45, 7) is 9.45. The van der Waals surface area contributed by atoms with E-state index in [2.05, 4.69) is 183 Å². The van der Waals surface area contributed by atoms with Crippen LogP contribution in [0.3, 0.4) is 0 Å². The molecule has 214 valence electrons. The SMILES string of the molecule is CC1(C)c2ccccc2N(c2ccccc2)c2ccc(-c3ccc4c(c3)C(C)(C)c3ccccc3N4c3ccccc3)cc21. The van der Waals surface area contributed by atoms with E-state index in [9.17, 15) is 0 Å². The van der Waals surface area contributed by atoms with E-state index >= 15 is 0 Å². The van der Waals surface area contributed by atoms with Gasteiger partial charge in [0.05, 0.1) is 22.7 Å². The molecule has 0 radical (unpaired) electrons. The lowest BCUT2D eigenvalue weighted by atomic mass is 9.71. The number of hydrogen-bond acceptors (Lipinski definition) is 2. The van der Waals surface area contributed by atoms with Crippen LogP contribution in [0.4, 0.5) is 34.1 Å². The van der Waals surface area contributed by atoms with Crippen molar-refractivity contribution in [3.05, 3.63) is 168 Å². The van der Waals surface area contributed by atoms with Crippen molar-refractivity contribution in [2.24, 2.45) is 0 Å². The number of para-hydroxylation sites is 4. The highest BCUT2D eigenvalue weighted by Gasteiger charge is 2.39. The molecule has 44 heavy (non-hydrogen) atoms. The van der Waals surface area contributed by atoms with Gasteiger partial charge in [0.25, 0.3) is 0 Å². The Labute approximate surface area is 260 Å². The summed E-state index contributed by atoms with van der Waals surface area (Å²) in [4.78, 5) is 4.84. The number of benzene rings is 6. The van der Waals surface area contributed by atoms with Crippen LogP contribution < -0.4 is 9.80 Å². The van der Waals surface area contributed by atoms with E-state index in [1.165, 1.54) is 67.5 Å². The molecule has 0 bridgehead atoms. The number of hydrogen-bond donors (Lipinski definition) is 0. The zero-order chi connectivity index (χ0) is 30.1. The van der Waals surface area contributed by atoms with Crippen molar-refractivity contribution >= 4 is 34.1 Å². The molecule has 2 aliphatic heterocycles. The minimum absolute atomic E-state index is 0.149. The van der Waals surface area contributed by atoms with Crippen molar-refractivity contribution in [2.45, 2.75) is 38.5 Å². The summed E-state index contributed by atoms with van der Waals surface area (Å²) in [5, 5.41) is 0. The monoisotopic (exact) mass is 568 g/mol. The van der Waals surface area contributed by atoms with Crippen molar-refractivity contribution in [3.8, 4) is 11.1 Å². The fourth-order valence-electron chi connectivity index (χ4n) is 7.48. The van der Waals surface area contributed by atoms with E-state index in [0.717, 1.165) is 0 Å². The van der Waals surface area contributed by atoms with E-state index in [1.54, 1.807) is 0 Å². The zero-order valence-electron chi connectivity index (χ0n) is 25.8. The van der Waals surface area contributed by atoms with Gasteiger partial charge in [0.15, 0.2) is 0 Å². The van der Waals surface area contributed by atoms with E-state index < -0.39 is 0 Å². The highest BCUT2D eigenvalue weighted by molar-refractivity contribution is 5.90. The average molecular weight is 569 g/mol. The molecule has 0 saturated carbocycles. The Balaban J connectivity index is 1.30. The van der Waals surface area contributed by atoms with Crippen LogP contribution in [0.2, 0.25) is 0 Å². The van der Waals surface area contributed by atoms with Gasteiger partial charge in [0, 0.05) is 22.2 Å². The molecule has 6 aromatic rings. The van der Waals surface area contributed by atoms with Gasteiger partial charge in [0.2, 0.25) is 0 Å². The van der Waals surface area contributed by atoms with Crippen molar-refractivity contribution in [1.82, 2.24) is 0 Å². The molecule has 0 fully saturated rings. The smallest absolute Gasteiger partial charge is 0.0503 e. The summed E-state index contributed by atoms with van der Waals surface area (Å²) in [7, 11) is 0. The molecular weight excluding hydrogens is 532 g/mol. The number of anilines is 6. The van der Waals surface area contributed by atoms with E-state index in [1.807, 2.05) is 0 Å². The summed E-state index contributed by atoms with van der Waals surface area (Å²) in [6, 6.07) is 53.3. The number of nitrogens with zero attached hydrogens (tertiary/aromatic N) is 2. The predicted molar refractivity (Wildman–Crippen MR) is 185 cm³/mol. The molecule has 6 aromatic carbocycles. The van der Waals surface area contributed by atoms with Gasteiger partial charge in [-0.05, 0) is 94.0 Å². The Morgan fingerprint density at radius 3 is 1.09 bits per heavy atom. The molecule has 0 spiro atoms. The molecule has 2 heteroatoms. The molecule has 0 saturated heterocycles. The van der Waals surface area contributed by atoms with Gasteiger partial charge in [-0.2, -0.15) is 0 Å². The Hall–Kier alpha value is -5.08. The first kappa shape index (κ1) is 26.5. The Morgan fingerprint density at radius 1 is 0.341 bits per heavy atom. The fraction of sp³-hybridized carbons (Fsp3) is 0.143. The molecule has 2 heterocycles. The third-order valence-corrected chi connectivity index (χ3v) is 9.82. The molecule has 2 aliphatic rings. The van der Waals surface area contributed by atoms with Gasteiger partial charge >= 0.3 is 0 Å². The fourth-order valence-corrected chi connectivity index (χ4v) is 7.48. The van der Waals surface area contributed by atoms with Crippen LogP contribution in [0.15, 0.2) is 146 Å². The highest BCUT2D eigenvalue weighted by Crippen LogP contribution is 2.54. The van der Waals surface area contributed by atoms with Crippen LogP contribution in [0.25, 0.3) is 11.1 Å². The van der Waals surface area contributed by atoms with Gasteiger partial charge in [-0.3, -0.25) is 0 Å². The summed E-state index contributed by atoms with van der Waals surface area (Å²) in [6.07, 6.45) is 0. The first-order chi connectivity index (χ1) is 21.4.